The van der Waals surface area contributed by atoms with Crippen molar-refractivity contribution in [1.82, 2.24) is 5.32 Å². The van der Waals surface area contributed by atoms with Crippen LogP contribution in [0.5, 0.6) is 0 Å². The van der Waals surface area contributed by atoms with Gasteiger partial charge in [0.1, 0.15) is 0 Å². The molecule has 1 aliphatic heterocycles. The lowest BCUT2D eigenvalue weighted by Crippen LogP contribution is -2.36. The summed E-state index contributed by atoms with van der Waals surface area (Å²) in [5.41, 5.74) is 0. The molecule has 0 spiro atoms. The highest BCUT2D eigenvalue weighted by Crippen LogP contribution is 2.20. The van der Waals surface area contributed by atoms with Crippen molar-refractivity contribution in [3.8, 4) is 0 Å². The van der Waals surface area contributed by atoms with Crippen molar-refractivity contribution >= 4 is 11.9 Å². The Bertz CT molecular complexity index is 215. The Morgan fingerprint density at radius 1 is 1.69 bits per heavy atom. The zero-order valence-electron chi connectivity index (χ0n) is 7.75. The molecule has 0 bridgehead atoms. The van der Waals surface area contributed by atoms with Gasteiger partial charge in [0.2, 0.25) is 5.91 Å². The molecular weight excluding hydrogens is 170 g/mol. The zero-order chi connectivity index (χ0) is 9.84. The van der Waals surface area contributed by atoms with E-state index in [1.54, 1.807) is 0 Å². The number of carbonyl (C=O) groups is 2. The standard InChI is InChI=1S/C9H15NO3/c1-6-7(5-9(12)13)3-2-4-8(11)10-6/h6-7H,2-5H2,1H3,(H,10,11)(H,12,13)/t6-,7-/m0/s1. The Labute approximate surface area is 77.3 Å². The molecule has 1 fully saturated rings. The van der Waals surface area contributed by atoms with Gasteiger partial charge in [-0.1, -0.05) is 0 Å². The highest BCUT2D eigenvalue weighted by Gasteiger charge is 2.24. The lowest BCUT2D eigenvalue weighted by atomic mass is 9.93. The molecule has 0 radical (unpaired) electrons. The van der Waals surface area contributed by atoms with Crippen LogP contribution >= 0.6 is 0 Å². The molecule has 0 aromatic heterocycles. The molecule has 0 saturated carbocycles. The van der Waals surface area contributed by atoms with E-state index in [1.807, 2.05) is 6.92 Å². The second-order valence-electron chi connectivity index (χ2n) is 3.61. The summed E-state index contributed by atoms with van der Waals surface area (Å²) in [4.78, 5) is 21.6. The fourth-order valence-corrected chi connectivity index (χ4v) is 1.72. The van der Waals surface area contributed by atoms with Gasteiger partial charge in [0.05, 0.1) is 6.42 Å². The van der Waals surface area contributed by atoms with Gasteiger partial charge < -0.3 is 10.4 Å². The van der Waals surface area contributed by atoms with Crippen LogP contribution in [-0.4, -0.2) is 23.0 Å². The molecule has 1 saturated heterocycles. The number of hydrogen-bond acceptors (Lipinski definition) is 2. The minimum Gasteiger partial charge on any atom is -0.481 e. The van der Waals surface area contributed by atoms with Crippen molar-refractivity contribution in [2.45, 2.75) is 38.6 Å². The third-order valence-corrected chi connectivity index (χ3v) is 2.51. The Hall–Kier alpha value is -1.06. The molecule has 74 valence electrons. The first-order chi connectivity index (χ1) is 6.09. The normalized spacial score (nSPS) is 29.2. The number of amides is 1. The maximum atomic E-state index is 11.1. The van der Waals surface area contributed by atoms with Crippen molar-refractivity contribution in [1.29, 1.82) is 0 Å². The molecule has 1 aliphatic rings. The molecule has 0 aromatic carbocycles. The van der Waals surface area contributed by atoms with Crippen molar-refractivity contribution < 1.29 is 14.7 Å². The first-order valence-corrected chi connectivity index (χ1v) is 4.60. The van der Waals surface area contributed by atoms with Gasteiger partial charge in [-0.15, -0.1) is 0 Å². The second-order valence-corrected chi connectivity index (χ2v) is 3.61. The van der Waals surface area contributed by atoms with Crippen LogP contribution < -0.4 is 5.32 Å². The number of rotatable bonds is 2. The largest absolute Gasteiger partial charge is 0.481 e. The number of carboxylic acid groups (broad SMARTS) is 1. The van der Waals surface area contributed by atoms with E-state index in [9.17, 15) is 9.59 Å². The van der Waals surface area contributed by atoms with Crippen LogP contribution in [0.2, 0.25) is 0 Å². The van der Waals surface area contributed by atoms with E-state index >= 15 is 0 Å². The molecule has 0 aliphatic carbocycles. The van der Waals surface area contributed by atoms with E-state index in [1.165, 1.54) is 0 Å². The zero-order valence-corrected chi connectivity index (χ0v) is 7.75. The third kappa shape index (κ3) is 3.05. The smallest absolute Gasteiger partial charge is 0.303 e. The number of aliphatic carboxylic acids is 1. The molecule has 13 heavy (non-hydrogen) atoms. The maximum absolute atomic E-state index is 11.1. The lowest BCUT2D eigenvalue weighted by molar-refractivity contribution is -0.138. The molecular formula is C9H15NO3. The van der Waals surface area contributed by atoms with Crippen molar-refractivity contribution in [3.63, 3.8) is 0 Å². The predicted octanol–water partition coefficient (Wildman–Crippen LogP) is 0.766. The Kier molecular flexibility index (Phi) is 3.28. The summed E-state index contributed by atoms with van der Waals surface area (Å²) in [6.07, 6.45) is 2.31. The average molecular weight is 185 g/mol. The van der Waals surface area contributed by atoms with E-state index in [2.05, 4.69) is 5.32 Å². The number of hydrogen-bond donors (Lipinski definition) is 2. The van der Waals surface area contributed by atoms with E-state index < -0.39 is 5.97 Å². The van der Waals surface area contributed by atoms with E-state index in [-0.39, 0.29) is 24.3 Å². The van der Waals surface area contributed by atoms with E-state index in [0.717, 1.165) is 12.8 Å². The van der Waals surface area contributed by atoms with E-state index in [4.69, 9.17) is 5.11 Å². The molecule has 1 heterocycles. The van der Waals surface area contributed by atoms with Crippen LogP contribution in [0, 0.1) is 5.92 Å². The van der Waals surface area contributed by atoms with Crippen LogP contribution in [0.4, 0.5) is 0 Å². The van der Waals surface area contributed by atoms with Gasteiger partial charge >= 0.3 is 5.97 Å². The first-order valence-electron chi connectivity index (χ1n) is 4.60. The minimum atomic E-state index is -0.784. The summed E-state index contributed by atoms with van der Waals surface area (Å²) in [6.45, 7) is 1.87. The summed E-state index contributed by atoms with van der Waals surface area (Å²) in [5, 5.41) is 11.4. The van der Waals surface area contributed by atoms with Crippen LogP contribution in [0.3, 0.4) is 0 Å². The Morgan fingerprint density at radius 2 is 2.38 bits per heavy atom. The van der Waals surface area contributed by atoms with Gasteiger partial charge in [0.15, 0.2) is 0 Å². The van der Waals surface area contributed by atoms with Crippen LogP contribution in [0.15, 0.2) is 0 Å². The topological polar surface area (TPSA) is 66.4 Å². The molecule has 1 amide bonds. The summed E-state index contributed by atoms with van der Waals surface area (Å²) in [5.74, 6) is -0.655. The molecule has 4 heteroatoms. The average Bonchev–Trinajstić information content (AvgIpc) is 2.13. The summed E-state index contributed by atoms with van der Waals surface area (Å²) in [7, 11) is 0. The fraction of sp³-hybridized carbons (Fsp3) is 0.778. The number of carbonyl (C=O) groups excluding carboxylic acids is 1. The molecule has 2 atom stereocenters. The third-order valence-electron chi connectivity index (χ3n) is 2.51. The van der Waals surface area contributed by atoms with Gasteiger partial charge in [0, 0.05) is 12.5 Å². The SMILES string of the molecule is C[C@@H]1NC(=O)CCC[C@H]1CC(=O)O. The van der Waals surface area contributed by atoms with Crippen molar-refractivity contribution in [3.05, 3.63) is 0 Å². The van der Waals surface area contributed by atoms with Gasteiger partial charge in [-0.2, -0.15) is 0 Å². The van der Waals surface area contributed by atoms with Crippen LogP contribution in [-0.2, 0) is 9.59 Å². The molecule has 0 aromatic rings. The Balaban J connectivity index is 2.52. The van der Waals surface area contributed by atoms with E-state index in [0.29, 0.717) is 6.42 Å². The predicted molar refractivity (Wildman–Crippen MR) is 47.2 cm³/mol. The highest BCUT2D eigenvalue weighted by atomic mass is 16.4. The molecule has 4 nitrogen and oxygen atoms in total. The summed E-state index contributed by atoms with van der Waals surface area (Å²) in [6, 6.07) is -0.00824. The Morgan fingerprint density at radius 3 is 3.00 bits per heavy atom. The molecule has 2 N–H and O–H groups in total. The number of carboxylic acids is 1. The minimum absolute atomic E-state index is 0.00824. The summed E-state index contributed by atoms with van der Waals surface area (Å²) < 4.78 is 0. The second kappa shape index (κ2) is 4.25. The maximum Gasteiger partial charge on any atom is 0.303 e. The number of nitrogens with one attached hydrogen (secondary N) is 1. The van der Waals surface area contributed by atoms with Gasteiger partial charge in [0.25, 0.3) is 0 Å². The van der Waals surface area contributed by atoms with Crippen LogP contribution in [0.25, 0.3) is 0 Å². The lowest BCUT2D eigenvalue weighted by Gasteiger charge is -2.19. The molecule has 1 rings (SSSR count). The first kappa shape index (κ1) is 10.0. The van der Waals surface area contributed by atoms with Crippen LogP contribution in [0.1, 0.15) is 32.6 Å². The van der Waals surface area contributed by atoms with Gasteiger partial charge in [-0.05, 0) is 25.7 Å². The quantitative estimate of drug-likeness (QED) is 0.667. The van der Waals surface area contributed by atoms with Gasteiger partial charge in [-0.25, -0.2) is 0 Å². The monoisotopic (exact) mass is 185 g/mol. The fourth-order valence-electron chi connectivity index (χ4n) is 1.72. The van der Waals surface area contributed by atoms with Crippen molar-refractivity contribution in [2.75, 3.05) is 0 Å². The highest BCUT2D eigenvalue weighted by molar-refractivity contribution is 5.76. The summed E-state index contributed by atoms with van der Waals surface area (Å²) >= 11 is 0. The van der Waals surface area contributed by atoms with Gasteiger partial charge in [-0.3, -0.25) is 9.59 Å². The molecule has 0 unspecified atom stereocenters. The van der Waals surface area contributed by atoms with Crippen molar-refractivity contribution in [2.24, 2.45) is 5.92 Å².